The lowest BCUT2D eigenvalue weighted by Crippen LogP contribution is -2.53. The van der Waals surface area contributed by atoms with E-state index in [1.54, 1.807) is 0 Å². The van der Waals surface area contributed by atoms with Gasteiger partial charge in [0.25, 0.3) is 0 Å². The van der Waals surface area contributed by atoms with Crippen molar-refractivity contribution < 1.29 is 14.7 Å². The van der Waals surface area contributed by atoms with Gasteiger partial charge < -0.3 is 15.3 Å². The molecule has 0 unspecified atom stereocenters. The summed E-state index contributed by atoms with van der Waals surface area (Å²) in [4.78, 5) is 24.4. The smallest absolute Gasteiger partial charge is 0.323 e. The van der Waals surface area contributed by atoms with Crippen LogP contribution in [0.2, 0.25) is 0 Å². The monoisotopic (exact) mass is 284 g/mol. The van der Waals surface area contributed by atoms with Crippen molar-refractivity contribution in [3.63, 3.8) is 0 Å². The van der Waals surface area contributed by atoms with Gasteiger partial charge in [-0.05, 0) is 45.4 Å². The van der Waals surface area contributed by atoms with Gasteiger partial charge in [-0.3, -0.25) is 4.79 Å². The molecule has 0 atom stereocenters. The Hall–Kier alpha value is -1.26. The van der Waals surface area contributed by atoms with E-state index >= 15 is 0 Å². The molecule has 0 aromatic carbocycles. The van der Waals surface area contributed by atoms with Crippen molar-refractivity contribution in [2.24, 2.45) is 11.8 Å². The van der Waals surface area contributed by atoms with E-state index in [0.29, 0.717) is 12.5 Å². The molecule has 5 heteroatoms. The standard InChI is InChI=1S/C15H28N2O3/c1-11-5-7-12(8-6-11)9-16-14(20)17(10-13(18)19)15(2,3)4/h11-12H,5-10H2,1-4H3,(H,16,20)(H,18,19). The van der Waals surface area contributed by atoms with Crippen LogP contribution in [0.1, 0.15) is 53.4 Å². The third kappa shape index (κ3) is 5.39. The first-order chi connectivity index (χ1) is 9.20. The summed E-state index contributed by atoms with van der Waals surface area (Å²) >= 11 is 0. The van der Waals surface area contributed by atoms with E-state index < -0.39 is 11.5 Å². The average molecular weight is 284 g/mol. The Morgan fingerprint density at radius 1 is 1.20 bits per heavy atom. The highest BCUT2D eigenvalue weighted by Gasteiger charge is 2.29. The molecule has 2 N–H and O–H groups in total. The van der Waals surface area contributed by atoms with Crippen molar-refractivity contribution >= 4 is 12.0 Å². The normalized spacial score (nSPS) is 23.2. The Morgan fingerprint density at radius 3 is 2.20 bits per heavy atom. The molecule has 116 valence electrons. The van der Waals surface area contributed by atoms with E-state index in [1.807, 2.05) is 20.8 Å². The van der Waals surface area contributed by atoms with Gasteiger partial charge in [-0.1, -0.05) is 19.8 Å². The summed E-state index contributed by atoms with van der Waals surface area (Å²) in [6.07, 6.45) is 4.74. The number of carboxylic acids is 1. The van der Waals surface area contributed by atoms with Crippen LogP contribution in [-0.2, 0) is 4.79 Å². The van der Waals surface area contributed by atoms with E-state index in [-0.39, 0.29) is 12.6 Å². The third-order valence-electron chi connectivity index (χ3n) is 4.03. The highest BCUT2D eigenvalue weighted by molar-refractivity contribution is 5.80. The number of nitrogens with zero attached hydrogens (tertiary/aromatic N) is 1. The summed E-state index contributed by atoms with van der Waals surface area (Å²) in [6, 6.07) is -0.279. The zero-order valence-electron chi connectivity index (χ0n) is 13.1. The SMILES string of the molecule is CC1CCC(CNC(=O)N(CC(=O)O)C(C)(C)C)CC1. The first-order valence-electron chi connectivity index (χ1n) is 7.47. The number of urea groups is 1. The van der Waals surface area contributed by atoms with Gasteiger partial charge in [-0.2, -0.15) is 0 Å². The second kappa shape index (κ2) is 6.95. The number of rotatable bonds is 4. The summed E-state index contributed by atoms with van der Waals surface area (Å²) in [7, 11) is 0. The van der Waals surface area contributed by atoms with Gasteiger partial charge >= 0.3 is 12.0 Å². The molecule has 0 saturated heterocycles. The van der Waals surface area contributed by atoms with Crippen LogP contribution in [0.15, 0.2) is 0 Å². The highest BCUT2D eigenvalue weighted by Crippen LogP contribution is 2.27. The summed E-state index contributed by atoms with van der Waals surface area (Å²) < 4.78 is 0. The minimum Gasteiger partial charge on any atom is -0.480 e. The van der Waals surface area contributed by atoms with Gasteiger partial charge in [-0.25, -0.2) is 4.79 Å². The molecular weight excluding hydrogens is 256 g/mol. The summed E-state index contributed by atoms with van der Waals surface area (Å²) in [5, 5.41) is 11.8. The Morgan fingerprint density at radius 2 is 1.75 bits per heavy atom. The van der Waals surface area contributed by atoms with Crippen LogP contribution in [0.4, 0.5) is 4.79 Å². The number of carboxylic acid groups (broad SMARTS) is 1. The topological polar surface area (TPSA) is 69.6 Å². The summed E-state index contributed by atoms with van der Waals surface area (Å²) in [5.74, 6) is 0.336. The Kier molecular flexibility index (Phi) is 5.84. The number of aliphatic carboxylic acids is 1. The molecule has 0 radical (unpaired) electrons. The minimum atomic E-state index is -0.985. The molecule has 2 amide bonds. The minimum absolute atomic E-state index is 0.267. The molecule has 5 nitrogen and oxygen atoms in total. The fraction of sp³-hybridized carbons (Fsp3) is 0.867. The van der Waals surface area contributed by atoms with Gasteiger partial charge in [0, 0.05) is 12.1 Å². The van der Waals surface area contributed by atoms with E-state index in [1.165, 1.54) is 17.7 Å². The largest absolute Gasteiger partial charge is 0.480 e. The van der Waals surface area contributed by atoms with Crippen LogP contribution in [0.25, 0.3) is 0 Å². The van der Waals surface area contributed by atoms with Crippen molar-refractivity contribution in [3.05, 3.63) is 0 Å². The van der Waals surface area contributed by atoms with Crippen molar-refractivity contribution in [2.75, 3.05) is 13.1 Å². The van der Waals surface area contributed by atoms with E-state index in [2.05, 4.69) is 12.2 Å². The zero-order valence-corrected chi connectivity index (χ0v) is 13.1. The first kappa shape index (κ1) is 16.8. The van der Waals surface area contributed by atoms with Gasteiger partial charge in [0.15, 0.2) is 0 Å². The van der Waals surface area contributed by atoms with Crippen LogP contribution in [0.5, 0.6) is 0 Å². The molecular formula is C15H28N2O3. The fourth-order valence-electron chi connectivity index (χ4n) is 2.61. The van der Waals surface area contributed by atoms with Crippen LogP contribution in [0, 0.1) is 11.8 Å². The lowest BCUT2D eigenvalue weighted by Gasteiger charge is -2.35. The van der Waals surface area contributed by atoms with E-state index in [4.69, 9.17) is 5.11 Å². The Balaban J connectivity index is 2.48. The van der Waals surface area contributed by atoms with Crippen molar-refractivity contribution in [1.82, 2.24) is 10.2 Å². The maximum atomic E-state index is 12.2. The number of hydrogen-bond acceptors (Lipinski definition) is 2. The number of carbonyl (C=O) groups excluding carboxylic acids is 1. The van der Waals surface area contributed by atoms with Crippen LogP contribution in [0.3, 0.4) is 0 Å². The first-order valence-corrected chi connectivity index (χ1v) is 7.47. The number of amides is 2. The van der Waals surface area contributed by atoms with Crippen LogP contribution < -0.4 is 5.32 Å². The molecule has 0 heterocycles. The van der Waals surface area contributed by atoms with Crippen molar-refractivity contribution in [1.29, 1.82) is 0 Å². The highest BCUT2D eigenvalue weighted by atomic mass is 16.4. The van der Waals surface area contributed by atoms with Crippen LogP contribution in [-0.4, -0.2) is 40.6 Å². The second-order valence-electron chi connectivity index (χ2n) is 6.96. The molecule has 0 aromatic rings. The lowest BCUT2D eigenvalue weighted by molar-refractivity contribution is -0.138. The third-order valence-corrected chi connectivity index (χ3v) is 4.03. The van der Waals surface area contributed by atoms with Crippen LogP contribution >= 0.6 is 0 Å². The van der Waals surface area contributed by atoms with Gasteiger partial charge in [0.1, 0.15) is 6.54 Å². The lowest BCUT2D eigenvalue weighted by atomic mass is 9.83. The van der Waals surface area contributed by atoms with Crippen molar-refractivity contribution in [2.45, 2.75) is 58.9 Å². The predicted molar refractivity (Wildman–Crippen MR) is 78.6 cm³/mol. The molecule has 1 rings (SSSR count). The number of nitrogens with one attached hydrogen (secondary N) is 1. The second-order valence-corrected chi connectivity index (χ2v) is 6.96. The quantitative estimate of drug-likeness (QED) is 0.834. The average Bonchev–Trinajstić information content (AvgIpc) is 2.33. The molecule has 0 spiro atoms. The summed E-state index contributed by atoms with van der Waals surface area (Å²) in [5.41, 5.74) is -0.496. The van der Waals surface area contributed by atoms with Crippen molar-refractivity contribution in [3.8, 4) is 0 Å². The molecule has 0 aromatic heterocycles. The number of hydrogen-bond donors (Lipinski definition) is 2. The van der Waals surface area contributed by atoms with E-state index in [9.17, 15) is 9.59 Å². The maximum Gasteiger partial charge on any atom is 0.323 e. The predicted octanol–water partition coefficient (Wildman–Crippen LogP) is 2.71. The van der Waals surface area contributed by atoms with E-state index in [0.717, 1.165) is 18.8 Å². The molecule has 20 heavy (non-hydrogen) atoms. The zero-order chi connectivity index (χ0) is 15.3. The van der Waals surface area contributed by atoms with Gasteiger partial charge in [-0.15, -0.1) is 0 Å². The Labute approximate surface area is 121 Å². The molecule has 1 aliphatic rings. The molecule has 0 bridgehead atoms. The summed E-state index contributed by atoms with van der Waals surface area (Å²) in [6.45, 7) is 8.19. The van der Waals surface area contributed by atoms with Gasteiger partial charge in [0.2, 0.25) is 0 Å². The molecule has 1 fully saturated rings. The van der Waals surface area contributed by atoms with Gasteiger partial charge in [0.05, 0.1) is 0 Å². The molecule has 1 saturated carbocycles. The number of carbonyl (C=O) groups is 2. The Bertz CT molecular complexity index is 342. The molecule has 1 aliphatic carbocycles. The fourth-order valence-corrected chi connectivity index (χ4v) is 2.61. The maximum absolute atomic E-state index is 12.2. The molecule has 0 aliphatic heterocycles.